The summed E-state index contributed by atoms with van der Waals surface area (Å²) in [5.41, 5.74) is 6.00. The second-order valence-electron chi connectivity index (χ2n) is 6.33. The molecule has 4 N–H and O–H groups in total. The van der Waals surface area contributed by atoms with Gasteiger partial charge in [-0.1, -0.05) is 38.7 Å². The maximum atomic E-state index is 12.7. The maximum Gasteiger partial charge on any atom is 0.252 e. The van der Waals surface area contributed by atoms with Crippen molar-refractivity contribution in [3.63, 3.8) is 0 Å². The Morgan fingerprint density at radius 3 is 2.61 bits per heavy atom. The van der Waals surface area contributed by atoms with E-state index >= 15 is 0 Å². The first-order chi connectivity index (χ1) is 11.1. The first-order valence-electron chi connectivity index (χ1n) is 8.54. The molecule has 2 rings (SSSR count). The molecule has 1 aromatic rings. The van der Waals surface area contributed by atoms with Gasteiger partial charge in [0.25, 0.3) is 5.91 Å². The van der Waals surface area contributed by atoms with Crippen LogP contribution in [-0.4, -0.2) is 23.9 Å². The molecule has 23 heavy (non-hydrogen) atoms. The van der Waals surface area contributed by atoms with E-state index in [2.05, 4.69) is 17.6 Å². The summed E-state index contributed by atoms with van der Waals surface area (Å²) in [7, 11) is 0. The largest absolute Gasteiger partial charge is 0.399 e. The van der Waals surface area contributed by atoms with E-state index < -0.39 is 5.54 Å². The third-order valence-corrected chi connectivity index (χ3v) is 4.46. The highest BCUT2D eigenvalue weighted by atomic mass is 16.2. The van der Waals surface area contributed by atoms with E-state index in [1.54, 1.807) is 24.3 Å². The van der Waals surface area contributed by atoms with Crippen LogP contribution < -0.4 is 16.4 Å². The summed E-state index contributed by atoms with van der Waals surface area (Å²) in [6.07, 6.45) is 6.39. The van der Waals surface area contributed by atoms with E-state index in [1.165, 1.54) is 0 Å². The van der Waals surface area contributed by atoms with Crippen LogP contribution in [0.2, 0.25) is 0 Å². The van der Waals surface area contributed by atoms with Crippen molar-refractivity contribution in [2.75, 3.05) is 12.3 Å². The fourth-order valence-corrected chi connectivity index (χ4v) is 3.08. The highest BCUT2D eigenvalue weighted by Crippen LogP contribution is 2.29. The Kier molecular flexibility index (Phi) is 6.02. The minimum atomic E-state index is -0.784. The monoisotopic (exact) mass is 317 g/mol. The molecule has 1 aliphatic rings. The summed E-state index contributed by atoms with van der Waals surface area (Å²) in [5.74, 6) is -0.284. The van der Waals surface area contributed by atoms with E-state index in [9.17, 15) is 9.59 Å². The van der Waals surface area contributed by atoms with Gasteiger partial charge in [-0.2, -0.15) is 0 Å². The number of nitrogens with two attached hydrogens (primary N) is 1. The van der Waals surface area contributed by atoms with Gasteiger partial charge in [0.2, 0.25) is 5.91 Å². The lowest BCUT2D eigenvalue weighted by atomic mass is 9.80. The number of benzene rings is 1. The molecule has 1 saturated carbocycles. The Hall–Kier alpha value is -2.04. The van der Waals surface area contributed by atoms with Gasteiger partial charge < -0.3 is 16.4 Å². The normalized spacial score (nSPS) is 16.6. The molecule has 0 aliphatic heterocycles. The number of hydrogen-bond donors (Lipinski definition) is 3. The Morgan fingerprint density at radius 2 is 1.96 bits per heavy atom. The topological polar surface area (TPSA) is 84.2 Å². The molecule has 1 aromatic carbocycles. The molecule has 5 heteroatoms. The van der Waals surface area contributed by atoms with Crippen molar-refractivity contribution in [1.82, 2.24) is 10.6 Å². The minimum Gasteiger partial charge on any atom is -0.399 e. The van der Waals surface area contributed by atoms with Crippen LogP contribution in [0.15, 0.2) is 24.3 Å². The highest BCUT2D eigenvalue weighted by molar-refractivity contribution is 5.99. The van der Waals surface area contributed by atoms with E-state index in [1.807, 2.05) is 0 Å². The molecule has 1 aliphatic carbocycles. The third kappa shape index (κ3) is 4.47. The number of unbranched alkanes of at least 4 members (excludes halogenated alkanes) is 1. The Bertz CT molecular complexity index is 551. The zero-order valence-corrected chi connectivity index (χ0v) is 13.9. The van der Waals surface area contributed by atoms with E-state index in [0.717, 1.165) is 32.1 Å². The number of anilines is 1. The highest BCUT2D eigenvalue weighted by Gasteiger charge is 2.40. The fourth-order valence-electron chi connectivity index (χ4n) is 3.08. The fraction of sp³-hybridized carbons (Fsp3) is 0.556. The van der Waals surface area contributed by atoms with Gasteiger partial charge in [-0.05, 0) is 37.5 Å². The summed E-state index contributed by atoms with van der Waals surface area (Å²) in [4.78, 5) is 25.2. The number of carbonyl (C=O) groups is 2. The number of carbonyl (C=O) groups excluding carboxylic acids is 2. The van der Waals surface area contributed by atoms with Gasteiger partial charge in [0.15, 0.2) is 0 Å². The van der Waals surface area contributed by atoms with Crippen LogP contribution in [0.3, 0.4) is 0 Å². The molecule has 0 saturated heterocycles. The van der Waals surface area contributed by atoms with Crippen LogP contribution in [0, 0.1) is 0 Å². The van der Waals surface area contributed by atoms with Crippen molar-refractivity contribution >= 4 is 17.5 Å². The van der Waals surface area contributed by atoms with Crippen LogP contribution in [0.25, 0.3) is 0 Å². The van der Waals surface area contributed by atoms with Crippen molar-refractivity contribution in [3.05, 3.63) is 29.8 Å². The number of rotatable bonds is 6. The number of amides is 2. The molecule has 0 radical (unpaired) electrons. The Balaban J connectivity index is 2.11. The Labute approximate surface area is 138 Å². The summed E-state index contributed by atoms with van der Waals surface area (Å²) in [6.45, 7) is 2.75. The molecular formula is C18H27N3O2. The lowest BCUT2D eigenvalue weighted by molar-refractivity contribution is -0.128. The Morgan fingerprint density at radius 1 is 1.22 bits per heavy atom. The summed E-state index contributed by atoms with van der Waals surface area (Å²) in [5, 5.41) is 5.98. The quantitative estimate of drug-likeness (QED) is 0.557. The van der Waals surface area contributed by atoms with Gasteiger partial charge in [0, 0.05) is 17.8 Å². The second kappa shape index (κ2) is 7.99. The molecule has 126 valence electrons. The number of hydrogen-bond acceptors (Lipinski definition) is 3. The molecular weight excluding hydrogens is 290 g/mol. The van der Waals surface area contributed by atoms with Crippen molar-refractivity contribution < 1.29 is 9.59 Å². The zero-order chi connectivity index (χ0) is 16.7. The second-order valence-corrected chi connectivity index (χ2v) is 6.33. The lowest BCUT2D eigenvalue weighted by Crippen LogP contribution is -2.59. The average Bonchev–Trinajstić information content (AvgIpc) is 2.55. The van der Waals surface area contributed by atoms with Crippen LogP contribution in [0.5, 0.6) is 0 Å². The predicted octanol–water partition coefficient (Wildman–Crippen LogP) is 2.62. The molecule has 0 aromatic heterocycles. The number of nitrogens with one attached hydrogen (secondary N) is 2. The van der Waals surface area contributed by atoms with Gasteiger partial charge in [-0.15, -0.1) is 0 Å². The zero-order valence-electron chi connectivity index (χ0n) is 13.9. The van der Waals surface area contributed by atoms with Gasteiger partial charge in [-0.25, -0.2) is 0 Å². The molecule has 0 spiro atoms. The van der Waals surface area contributed by atoms with E-state index in [0.29, 0.717) is 30.6 Å². The lowest BCUT2D eigenvalue weighted by Gasteiger charge is -2.36. The number of nitrogen functional groups attached to an aromatic ring is 1. The molecule has 5 nitrogen and oxygen atoms in total. The van der Waals surface area contributed by atoms with E-state index in [4.69, 9.17) is 5.73 Å². The standard InChI is InChI=1S/C18H27N3O2/c1-2-3-12-20-17(23)18(10-5-4-6-11-18)21-16(22)14-8-7-9-15(19)13-14/h7-9,13H,2-6,10-12,19H2,1H3,(H,20,23)(H,21,22). The smallest absolute Gasteiger partial charge is 0.252 e. The summed E-state index contributed by atoms with van der Waals surface area (Å²) in [6, 6.07) is 6.85. The van der Waals surface area contributed by atoms with Crippen LogP contribution in [0.4, 0.5) is 5.69 Å². The van der Waals surface area contributed by atoms with Crippen molar-refractivity contribution in [2.24, 2.45) is 0 Å². The molecule has 0 heterocycles. The van der Waals surface area contributed by atoms with Crippen LogP contribution >= 0.6 is 0 Å². The minimum absolute atomic E-state index is 0.0529. The van der Waals surface area contributed by atoms with E-state index in [-0.39, 0.29) is 11.8 Å². The molecule has 0 atom stereocenters. The van der Waals surface area contributed by atoms with Gasteiger partial charge >= 0.3 is 0 Å². The van der Waals surface area contributed by atoms with Crippen molar-refractivity contribution in [1.29, 1.82) is 0 Å². The molecule has 1 fully saturated rings. The molecule has 2 amide bonds. The third-order valence-electron chi connectivity index (χ3n) is 4.46. The predicted molar refractivity (Wildman–Crippen MR) is 92.1 cm³/mol. The summed E-state index contributed by atoms with van der Waals surface area (Å²) >= 11 is 0. The SMILES string of the molecule is CCCCNC(=O)C1(NC(=O)c2cccc(N)c2)CCCCC1. The van der Waals surface area contributed by atoms with Crippen molar-refractivity contribution in [3.8, 4) is 0 Å². The molecule has 0 unspecified atom stereocenters. The van der Waals surface area contributed by atoms with Gasteiger partial charge in [0.1, 0.15) is 5.54 Å². The average molecular weight is 317 g/mol. The first-order valence-corrected chi connectivity index (χ1v) is 8.54. The molecule has 0 bridgehead atoms. The first kappa shape index (κ1) is 17.3. The summed E-state index contributed by atoms with van der Waals surface area (Å²) < 4.78 is 0. The van der Waals surface area contributed by atoms with Gasteiger partial charge in [-0.3, -0.25) is 9.59 Å². The van der Waals surface area contributed by atoms with Gasteiger partial charge in [0.05, 0.1) is 0 Å². The van der Waals surface area contributed by atoms with Crippen molar-refractivity contribution in [2.45, 2.75) is 57.4 Å². The van der Waals surface area contributed by atoms with Crippen LogP contribution in [0.1, 0.15) is 62.2 Å². The van der Waals surface area contributed by atoms with Crippen LogP contribution in [-0.2, 0) is 4.79 Å². The maximum absolute atomic E-state index is 12.7.